The van der Waals surface area contributed by atoms with E-state index in [1.165, 1.54) is 19.9 Å². The molecule has 6 nitrogen and oxygen atoms in total. The van der Waals surface area contributed by atoms with Crippen molar-refractivity contribution in [2.45, 2.75) is 27.4 Å². The molecule has 2 heterocycles. The minimum Gasteiger partial charge on any atom is -0.485 e. The molecule has 0 atom stereocenters. The Morgan fingerprint density at radius 3 is 2.48 bits per heavy atom. The van der Waals surface area contributed by atoms with Crippen LogP contribution in [0.3, 0.4) is 0 Å². The van der Waals surface area contributed by atoms with Gasteiger partial charge in [-0.25, -0.2) is 9.88 Å². The lowest BCUT2D eigenvalue weighted by molar-refractivity contribution is -0.124. The van der Waals surface area contributed by atoms with Crippen molar-refractivity contribution in [1.29, 1.82) is 0 Å². The lowest BCUT2D eigenvalue weighted by atomic mass is 10.1. The fourth-order valence-corrected chi connectivity index (χ4v) is 4.30. The van der Waals surface area contributed by atoms with Gasteiger partial charge in [-0.1, -0.05) is 34.8 Å². The molecule has 0 aliphatic heterocycles. The summed E-state index contributed by atoms with van der Waals surface area (Å²) in [6.07, 6.45) is 1.85. The van der Waals surface area contributed by atoms with Crippen LogP contribution in [0.15, 0.2) is 29.0 Å². The minimum atomic E-state index is -0.516. The number of rotatable bonds is 4. The van der Waals surface area contributed by atoms with Crippen LogP contribution in [0.5, 0.6) is 5.75 Å². The molecule has 0 saturated heterocycles. The number of aromatic nitrogens is 2. The molecular formula is C19H15BrCl3N3O3. The second kappa shape index (κ2) is 8.52. The maximum absolute atomic E-state index is 12.0. The molecule has 2 amide bonds. The molecule has 0 aliphatic rings. The quantitative estimate of drug-likeness (QED) is 0.434. The average molecular weight is 520 g/mol. The highest BCUT2D eigenvalue weighted by atomic mass is 79.9. The second-order valence-corrected chi connectivity index (χ2v) is 8.14. The van der Waals surface area contributed by atoms with E-state index in [-0.39, 0.29) is 27.4 Å². The number of ether oxygens (including phenoxy) is 1. The van der Waals surface area contributed by atoms with Gasteiger partial charge in [0.1, 0.15) is 11.2 Å². The third-order valence-corrected chi connectivity index (χ3v) is 6.17. The zero-order chi connectivity index (χ0) is 21.5. The molecule has 3 aromatic rings. The Bertz CT molecular complexity index is 1130. The molecule has 1 aromatic carbocycles. The number of benzene rings is 1. The van der Waals surface area contributed by atoms with E-state index in [9.17, 15) is 9.59 Å². The van der Waals surface area contributed by atoms with E-state index in [4.69, 9.17) is 39.5 Å². The van der Waals surface area contributed by atoms with Gasteiger partial charge in [0, 0.05) is 25.6 Å². The molecule has 0 spiro atoms. The molecule has 29 heavy (non-hydrogen) atoms. The van der Waals surface area contributed by atoms with Gasteiger partial charge in [0.15, 0.2) is 11.4 Å². The average Bonchev–Trinajstić information content (AvgIpc) is 2.92. The van der Waals surface area contributed by atoms with Crippen LogP contribution in [0, 0.1) is 6.92 Å². The summed E-state index contributed by atoms with van der Waals surface area (Å²) in [5.41, 5.74) is 1.90. The zero-order valence-electron chi connectivity index (χ0n) is 15.6. The maximum Gasteiger partial charge on any atom is 0.230 e. The number of imidazole rings is 1. The molecule has 0 saturated carbocycles. The predicted molar refractivity (Wildman–Crippen MR) is 117 cm³/mol. The summed E-state index contributed by atoms with van der Waals surface area (Å²) in [5.74, 6) is -0.518. The Morgan fingerprint density at radius 2 is 1.86 bits per heavy atom. The third kappa shape index (κ3) is 4.10. The molecule has 2 aromatic heterocycles. The highest BCUT2D eigenvalue weighted by molar-refractivity contribution is 9.10. The van der Waals surface area contributed by atoms with Crippen molar-refractivity contribution < 1.29 is 14.3 Å². The Labute approximate surface area is 190 Å². The van der Waals surface area contributed by atoms with Crippen molar-refractivity contribution in [1.82, 2.24) is 9.38 Å². The van der Waals surface area contributed by atoms with E-state index < -0.39 is 11.8 Å². The molecule has 3 rings (SSSR count). The van der Waals surface area contributed by atoms with Crippen LogP contribution in [0.1, 0.15) is 25.1 Å². The lowest BCUT2D eigenvalue weighted by Gasteiger charge is -2.22. The number of pyridine rings is 1. The molecule has 0 unspecified atom stereocenters. The van der Waals surface area contributed by atoms with Gasteiger partial charge in [-0.2, -0.15) is 0 Å². The molecule has 0 bridgehead atoms. The first-order valence-corrected chi connectivity index (χ1v) is 10.3. The SMILES string of the molecule is CC(=O)N(C(C)=O)c1c(Cl)cc(Cl)c(COc2cccn3c(Br)c(C)nc23)c1Cl. The van der Waals surface area contributed by atoms with Crippen molar-refractivity contribution in [3.63, 3.8) is 0 Å². The van der Waals surface area contributed by atoms with Crippen molar-refractivity contribution in [2.75, 3.05) is 4.90 Å². The number of anilines is 1. The second-order valence-electron chi connectivity index (χ2n) is 6.20. The van der Waals surface area contributed by atoms with Gasteiger partial charge < -0.3 is 4.74 Å². The molecule has 0 aliphatic carbocycles. The van der Waals surface area contributed by atoms with Crippen LogP contribution >= 0.6 is 50.7 Å². The summed E-state index contributed by atoms with van der Waals surface area (Å²) in [5, 5.41) is 0.410. The van der Waals surface area contributed by atoms with Crippen LogP contribution < -0.4 is 9.64 Å². The van der Waals surface area contributed by atoms with Gasteiger partial charge in [0.25, 0.3) is 0 Å². The number of carbonyl (C=O) groups is 2. The van der Waals surface area contributed by atoms with Crippen LogP contribution in [0.2, 0.25) is 15.1 Å². The number of halogens is 4. The number of aryl methyl sites for hydroxylation is 1. The summed E-state index contributed by atoms with van der Waals surface area (Å²) < 4.78 is 8.59. The van der Waals surface area contributed by atoms with Gasteiger partial charge >= 0.3 is 0 Å². The monoisotopic (exact) mass is 517 g/mol. The normalized spacial score (nSPS) is 11.0. The van der Waals surface area contributed by atoms with Crippen LogP contribution in [0.4, 0.5) is 5.69 Å². The minimum absolute atomic E-state index is 0.0192. The van der Waals surface area contributed by atoms with Crippen molar-refractivity contribution >= 4 is 73.9 Å². The summed E-state index contributed by atoms with van der Waals surface area (Å²) in [7, 11) is 0. The Hall–Kier alpha value is -1.80. The predicted octanol–water partition coefficient (Wildman–Crippen LogP) is 5.84. The fraction of sp³-hybridized carbons (Fsp3) is 0.211. The van der Waals surface area contributed by atoms with Gasteiger partial charge in [-0.15, -0.1) is 0 Å². The van der Waals surface area contributed by atoms with E-state index in [0.717, 1.165) is 15.2 Å². The molecule has 10 heteroatoms. The topological polar surface area (TPSA) is 63.9 Å². The van der Waals surface area contributed by atoms with E-state index in [0.29, 0.717) is 17.0 Å². The maximum atomic E-state index is 12.0. The Balaban J connectivity index is 2.03. The van der Waals surface area contributed by atoms with E-state index in [1.807, 2.05) is 23.6 Å². The third-order valence-electron chi connectivity index (χ3n) is 4.18. The number of hydrogen-bond acceptors (Lipinski definition) is 4. The van der Waals surface area contributed by atoms with Crippen LogP contribution in [-0.2, 0) is 16.2 Å². The van der Waals surface area contributed by atoms with Gasteiger partial charge in [0.2, 0.25) is 11.8 Å². The van der Waals surface area contributed by atoms with Crippen molar-refractivity contribution in [2.24, 2.45) is 0 Å². The lowest BCUT2D eigenvalue weighted by Crippen LogP contribution is -2.33. The van der Waals surface area contributed by atoms with Crippen molar-refractivity contribution in [3.05, 3.63) is 55.3 Å². The Morgan fingerprint density at radius 1 is 1.21 bits per heavy atom. The number of imide groups is 1. The largest absolute Gasteiger partial charge is 0.485 e. The highest BCUT2D eigenvalue weighted by Gasteiger charge is 2.26. The van der Waals surface area contributed by atoms with Crippen LogP contribution in [0.25, 0.3) is 5.65 Å². The summed E-state index contributed by atoms with van der Waals surface area (Å²) >= 11 is 22.5. The first-order chi connectivity index (χ1) is 13.6. The first-order valence-electron chi connectivity index (χ1n) is 8.37. The summed E-state index contributed by atoms with van der Waals surface area (Å²) in [4.78, 5) is 29.3. The number of amides is 2. The summed E-state index contributed by atoms with van der Waals surface area (Å²) in [6.45, 7) is 4.35. The van der Waals surface area contributed by atoms with Crippen LogP contribution in [-0.4, -0.2) is 21.2 Å². The highest BCUT2D eigenvalue weighted by Crippen LogP contribution is 2.41. The van der Waals surface area contributed by atoms with Gasteiger partial charge in [0.05, 0.1) is 26.4 Å². The first kappa shape index (κ1) is 21.9. The number of carbonyl (C=O) groups excluding carboxylic acids is 2. The number of nitrogens with zero attached hydrogens (tertiary/aromatic N) is 3. The van der Waals surface area contributed by atoms with E-state index in [2.05, 4.69) is 20.9 Å². The van der Waals surface area contributed by atoms with E-state index >= 15 is 0 Å². The van der Waals surface area contributed by atoms with Crippen molar-refractivity contribution in [3.8, 4) is 5.75 Å². The van der Waals surface area contributed by atoms with E-state index in [1.54, 1.807) is 6.07 Å². The molecule has 0 fully saturated rings. The number of hydrogen-bond donors (Lipinski definition) is 0. The molecule has 0 radical (unpaired) electrons. The molecule has 152 valence electrons. The standard InChI is InChI=1S/C19H15BrCl3N3O3/c1-9-18(20)25-6-4-5-15(19(25)24-9)29-8-12-13(21)7-14(22)17(16(12)23)26(10(2)27)11(3)28/h4-7H,8H2,1-3H3. The smallest absolute Gasteiger partial charge is 0.230 e. The fourth-order valence-electron chi connectivity index (χ4n) is 2.88. The van der Waals surface area contributed by atoms with Gasteiger partial charge in [-0.05, 0) is 41.1 Å². The molecule has 0 N–H and O–H groups in total. The number of fused-ring (bicyclic) bond motifs is 1. The summed E-state index contributed by atoms with van der Waals surface area (Å²) in [6, 6.07) is 5.01. The molecular weight excluding hydrogens is 504 g/mol. The Kier molecular flexibility index (Phi) is 6.43. The van der Waals surface area contributed by atoms with Gasteiger partial charge in [-0.3, -0.25) is 14.0 Å². The zero-order valence-corrected chi connectivity index (χ0v) is 19.4.